The van der Waals surface area contributed by atoms with Gasteiger partial charge < -0.3 is 5.11 Å². The largest absolute Gasteiger partial charge is 0.478 e. The predicted molar refractivity (Wildman–Crippen MR) is 61.5 cm³/mol. The molecule has 0 unspecified atom stereocenters. The Bertz CT molecular complexity index is 486. The van der Waals surface area contributed by atoms with Gasteiger partial charge in [0, 0.05) is 15.8 Å². The molecule has 0 spiro atoms. The molecule has 0 saturated heterocycles. The average Bonchev–Trinajstić information content (AvgIpc) is 2.61. The van der Waals surface area contributed by atoms with Crippen LogP contribution in [-0.4, -0.2) is 11.1 Å². The van der Waals surface area contributed by atoms with Crippen LogP contribution in [0.5, 0.6) is 0 Å². The summed E-state index contributed by atoms with van der Waals surface area (Å²) >= 11 is 1.47. The quantitative estimate of drug-likeness (QED) is 0.838. The maximum Gasteiger partial charge on any atom is 0.337 e. The van der Waals surface area contributed by atoms with Gasteiger partial charge in [-0.2, -0.15) is 0 Å². The first-order valence-electron chi connectivity index (χ1n) is 4.57. The summed E-state index contributed by atoms with van der Waals surface area (Å²) in [6.45, 7) is 1.94. The number of carboxylic acid groups (broad SMARTS) is 1. The van der Waals surface area contributed by atoms with Gasteiger partial charge in [-0.25, -0.2) is 4.79 Å². The van der Waals surface area contributed by atoms with E-state index in [4.69, 9.17) is 5.11 Å². The number of thiophene rings is 1. The second-order valence-corrected chi connectivity index (χ2v) is 4.34. The molecule has 0 atom stereocenters. The second-order valence-electron chi connectivity index (χ2n) is 3.25. The topological polar surface area (TPSA) is 37.3 Å². The van der Waals surface area contributed by atoms with Crippen molar-refractivity contribution in [3.8, 4) is 11.1 Å². The zero-order valence-electron chi connectivity index (χ0n) is 8.23. The van der Waals surface area contributed by atoms with Crippen molar-refractivity contribution in [2.45, 2.75) is 6.92 Å². The number of benzene rings is 1. The third kappa shape index (κ3) is 1.78. The summed E-state index contributed by atoms with van der Waals surface area (Å²) in [5.41, 5.74) is 2.20. The third-order valence-corrected chi connectivity index (χ3v) is 3.18. The first kappa shape index (κ1) is 9.93. The number of aromatic carboxylic acids is 1. The maximum atomic E-state index is 11.0. The second kappa shape index (κ2) is 3.87. The molecule has 2 aromatic rings. The fourth-order valence-corrected chi connectivity index (χ4v) is 2.43. The fourth-order valence-electron chi connectivity index (χ4n) is 1.58. The van der Waals surface area contributed by atoms with Gasteiger partial charge in [0.2, 0.25) is 0 Å². The van der Waals surface area contributed by atoms with Gasteiger partial charge in [-0.15, -0.1) is 11.3 Å². The number of hydrogen-bond acceptors (Lipinski definition) is 2. The molecule has 76 valence electrons. The van der Waals surface area contributed by atoms with Gasteiger partial charge >= 0.3 is 5.97 Å². The molecule has 0 aliphatic heterocycles. The monoisotopic (exact) mass is 218 g/mol. The molecule has 1 aromatic carbocycles. The molecule has 2 nitrogen and oxygen atoms in total. The van der Waals surface area contributed by atoms with Gasteiger partial charge in [0.1, 0.15) is 0 Å². The van der Waals surface area contributed by atoms with Crippen LogP contribution in [0.25, 0.3) is 11.1 Å². The van der Waals surface area contributed by atoms with Crippen molar-refractivity contribution in [1.29, 1.82) is 0 Å². The minimum absolute atomic E-state index is 0.392. The van der Waals surface area contributed by atoms with E-state index in [1.54, 1.807) is 5.38 Å². The Morgan fingerprint density at radius 3 is 2.53 bits per heavy atom. The van der Waals surface area contributed by atoms with Gasteiger partial charge in [-0.3, -0.25) is 0 Å². The predicted octanol–water partition coefficient (Wildman–Crippen LogP) is 3.42. The van der Waals surface area contributed by atoms with E-state index in [1.807, 2.05) is 37.3 Å². The highest BCUT2D eigenvalue weighted by Crippen LogP contribution is 2.31. The number of aryl methyl sites for hydroxylation is 1. The van der Waals surface area contributed by atoms with Crippen LogP contribution < -0.4 is 0 Å². The molecule has 0 aliphatic carbocycles. The zero-order chi connectivity index (χ0) is 10.8. The van der Waals surface area contributed by atoms with Crippen LogP contribution in [0.1, 0.15) is 15.2 Å². The van der Waals surface area contributed by atoms with Crippen molar-refractivity contribution in [2.24, 2.45) is 0 Å². The van der Waals surface area contributed by atoms with Crippen molar-refractivity contribution in [1.82, 2.24) is 0 Å². The molecular weight excluding hydrogens is 208 g/mol. The summed E-state index contributed by atoms with van der Waals surface area (Å²) in [6, 6.07) is 9.62. The van der Waals surface area contributed by atoms with Crippen LogP contribution in [0.15, 0.2) is 35.7 Å². The Hall–Kier alpha value is -1.61. The molecule has 3 heteroatoms. The summed E-state index contributed by atoms with van der Waals surface area (Å²) in [4.78, 5) is 12.1. The van der Waals surface area contributed by atoms with E-state index in [9.17, 15) is 4.79 Å². The van der Waals surface area contributed by atoms with E-state index >= 15 is 0 Å². The highest BCUT2D eigenvalue weighted by molar-refractivity contribution is 7.10. The summed E-state index contributed by atoms with van der Waals surface area (Å²) < 4.78 is 0. The SMILES string of the molecule is Cc1scc(C(=O)O)c1-c1ccccc1. The first-order chi connectivity index (χ1) is 7.20. The lowest BCUT2D eigenvalue weighted by atomic mass is 10.0. The standard InChI is InChI=1S/C12H10O2S/c1-8-11(9-5-3-2-4-6-9)10(7-15-8)12(13)14/h2-7H,1H3,(H,13,14). The summed E-state index contributed by atoms with van der Waals surface area (Å²) in [6.07, 6.45) is 0. The number of carbonyl (C=O) groups is 1. The van der Waals surface area contributed by atoms with Crippen LogP contribution in [0, 0.1) is 6.92 Å². The summed E-state index contributed by atoms with van der Waals surface area (Å²) in [7, 11) is 0. The maximum absolute atomic E-state index is 11.0. The van der Waals surface area contributed by atoms with Crippen molar-refractivity contribution in [3.63, 3.8) is 0 Å². The van der Waals surface area contributed by atoms with E-state index in [2.05, 4.69) is 0 Å². The molecule has 15 heavy (non-hydrogen) atoms. The molecule has 1 aromatic heterocycles. The Kier molecular flexibility index (Phi) is 2.56. The molecular formula is C12H10O2S. The number of rotatable bonds is 2. The lowest BCUT2D eigenvalue weighted by Gasteiger charge is -2.02. The Morgan fingerprint density at radius 2 is 1.93 bits per heavy atom. The lowest BCUT2D eigenvalue weighted by Crippen LogP contribution is -1.96. The lowest BCUT2D eigenvalue weighted by molar-refractivity contribution is 0.0698. The van der Waals surface area contributed by atoms with Crippen LogP contribution in [-0.2, 0) is 0 Å². The van der Waals surface area contributed by atoms with Gasteiger partial charge in [-0.05, 0) is 12.5 Å². The van der Waals surface area contributed by atoms with Crippen LogP contribution in [0.2, 0.25) is 0 Å². The first-order valence-corrected chi connectivity index (χ1v) is 5.45. The molecule has 0 radical (unpaired) electrons. The van der Waals surface area contributed by atoms with E-state index in [-0.39, 0.29) is 0 Å². The van der Waals surface area contributed by atoms with Crippen LogP contribution in [0.3, 0.4) is 0 Å². The minimum Gasteiger partial charge on any atom is -0.478 e. The molecule has 0 amide bonds. The van der Waals surface area contributed by atoms with E-state index in [0.29, 0.717) is 5.56 Å². The third-order valence-electron chi connectivity index (χ3n) is 2.27. The highest BCUT2D eigenvalue weighted by atomic mass is 32.1. The molecule has 0 bridgehead atoms. The van der Waals surface area contributed by atoms with Crippen molar-refractivity contribution >= 4 is 17.3 Å². The molecule has 0 fully saturated rings. The Labute approximate surface area is 91.8 Å². The molecule has 2 rings (SSSR count). The van der Waals surface area contributed by atoms with Gasteiger partial charge in [-0.1, -0.05) is 30.3 Å². The smallest absolute Gasteiger partial charge is 0.337 e. The highest BCUT2D eigenvalue weighted by Gasteiger charge is 2.15. The van der Waals surface area contributed by atoms with Gasteiger partial charge in [0.05, 0.1) is 5.56 Å². The zero-order valence-corrected chi connectivity index (χ0v) is 9.04. The van der Waals surface area contributed by atoms with E-state index < -0.39 is 5.97 Å². The molecule has 1 N–H and O–H groups in total. The van der Waals surface area contributed by atoms with E-state index in [0.717, 1.165) is 16.0 Å². The van der Waals surface area contributed by atoms with Crippen LogP contribution in [0.4, 0.5) is 0 Å². The average molecular weight is 218 g/mol. The van der Waals surface area contributed by atoms with Gasteiger partial charge in [0.25, 0.3) is 0 Å². The van der Waals surface area contributed by atoms with Crippen molar-refractivity contribution < 1.29 is 9.90 Å². The summed E-state index contributed by atoms with van der Waals surface area (Å²) in [5.74, 6) is -0.863. The van der Waals surface area contributed by atoms with Crippen LogP contribution >= 0.6 is 11.3 Å². The molecule has 0 saturated carbocycles. The summed E-state index contributed by atoms with van der Waals surface area (Å²) in [5, 5.41) is 10.7. The Balaban J connectivity index is 2.62. The van der Waals surface area contributed by atoms with Gasteiger partial charge in [0.15, 0.2) is 0 Å². The van der Waals surface area contributed by atoms with Crippen molar-refractivity contribution in [2.75, 3.05) is 0 Å². The normalized spacial score (nSPS) is 10.2. The Morgan fingerprint density at radius 1 is 1.27 bits per heavy atom. The van der Waals surface area contributed by atoms with E-state index in [1.165, 1.54) is 11.3 Å². The molecule has 1 heterocycles. The fraction of sp³-hybridized carbons (Fsp3) is 0.0833. The number of carboxylic acids is 1. The molecule has 0 aliphatic rings. The van der Waals surface area contributed by atoms with Crippen molar-refractivity contribution in [3.05, 3.63) is 46.2 Å². The minimum atomic E-state index is -0.863. The number of hydrogen-bond donors (Lipinski definition) is 1.